The molecule has 1 aliphatic heterocycles. The van der Waals surface area contributed by atoms with Crippen LogP contribution >= 0.6 is 15.9 Å². The summed E-state index contributed by atoms with van der Waals surface area (Å²) in [6, 6.07) is 1.87. The zero-order valence-electron chi connectivity index (χ0n) is 9.99. The van der Waals surface area contributed by atoms with Gasteiger partial charge in [-0.3, -0.25) is 0 Å². The normalized spacial score (nSPS) is 25.7. The molecule has 1 aromatic heterocycles. The molecule has 2 heterocycles. The molecular formula is C12H18BrN3O. The summed E-state index contributed by atoms with van der Waals surface area (Å²) in [5.74, 6) is 0.914. The molecule has 1 atom stereocenters. The number of hydrogen-bond acceptors (Lipinski definition) is 4. The first-order valence-corrected chi connectivity index (χ1v) is 6.66. The van der Waals surface area contributed by atoms with Crippen LogP contribution in [0.2, 0.25) is 0 Å². The second-order valence-electron chi connectivity index (χ2n) is 4.91. The van der Waals surface area contributed by atoms with Crippen LogP contribution in [0.5, 0.6) is 0 Å². The van der Waals surface area contributed by atoms with E-state index in [0.29, 0.717) is 5.69 Å². The highest BCUT2D eigenvalue weighted by molar-refractivity contribution is 9.10. The SMILES string of the molecule is CC1(O)CCCN(c2ncc(N)cc2Br)CC1. The largest absolute Gasteiger partial charge is 0.397 e. The molecular weight excluding hydrogens is 282 g/mol. The molecule has 2 rings (SSSR count). The van der Waals surface area contributed by atoms with Crippen LogP contribution in [0.4, 0.5) is 11.5 Å². The fraction of sp³-hybridized carbons (Fsp3) is 0.583. The van der Waals surface area contributed by atoms with E-state index in [1.165, 1.54) is 0 Å². The van der Waals surface area contributed by atoms with Gasteiger partial charge in [-0.15, -0.1) is 0 Å². The van der Waals surface area contributed by atoms with Crippen LogP contribution in [-0.4, -0.2) is 28.8 Å². The van der Waals surface area contributed by atoms with Crippen LogP contribution in [0.15, 0.2) is 16.7 Å². The minimum Gasteiger partial charge on any atom is -0.397 e. The lowest BCUT2D eigenvalue weighted by atomic mass is 9.98. The molecule has 1 aliphatic rings. The van der Waals surface area contributed by atoms with Gasteiger partial charge in [0.25, 0.3) is 0 Å². The van der Waals surface area contributed by atoms with Crippen LogP contribution in [0.1, 0.15) is 26.2 Å². The third-order valence-corrected chi connectivity index (χ3v) is 3.79. The number of pyridine rings is 1. The Bertz CT molecular complexity index is 409. The van der Waals surface area contributed by atoms with Crippen LogP contribution in [0, 0.1) is 0 Å². The summed E-state index contributed by atoms with van der Waals surface area (Å²) in [5.41, 5.74) is 5.79. The Balaban J connectivity index is 2.17. The zero-order chi connectivity index (χ0) is 12.5. The lowest BCUT2D eigenvalue weighted by Gasteiger charge is -2.24. The van der Waals surface area contributed by atoms with E-state index in [4.69, 9.17) is 5.73 Å². The number of aliphatic hydroxyl groups is 1. The smallest absolute Gasteiger partial charge is 0.143 e. The number of aromatic nitrogens is 1. The van der Waals surface area contributed by atoms with Crippen molar-refractivity contribution in [3.8, 4) is 0 Å². The van der Waals surface area contributed by atoms with Gasteiger partial charge in [0, 0.05) is 13.1 Å². The van der Waals surface area contributed by atoms with E-state index in [0.717, 1.165) is 42.6 Å². The van der Waals surface area contributed by atoms with E-state index in [1.54, 1.807) is 6.20 Å². The minimum atomic E-state index is -0.547. The topological polar surface area (TPSA) is 62.4 Å². The number of halogens is 1. The summed E-state index contributed by atoms with van der Waals surface area (Å²) in [7, 11) is 0. The Morgan fingerprint density at radius 2 is 2.24 bits per heavy atom. The van der Waals surface area contributed by atoms with Gasteiger partial charge in [-0.25, -0.2) is 4.98 Å². The van der Waals surface area contributed by atoms with E-state index in [1.807, 2.05) is 13.0 Å². The van der Waals surface area contributed by atoms with Crippen molar-refractivity contribution >= 4 is 27.4 Å². The van der Waals surface area contributed by atoms with Crippen LogP contribution in [0.25, 0.3) is 0 Å². The Labute approximate surface area is 110 Å². The number of hydrogen-bond donors (Lipinski definition) is 2. The van der Waals surface area contributed by atoms with Crippen LogP contribution in [-0.2, 0) is 0 Å². The number of nitrogens with zero attached hydrogens (tertiary/aromatic N) is 2. The fourth-order valence-corrected chi connectivity index (χ4v) is 2.77. The molecule has 0 spiro atoms. The van der Waals surface area contributed by atoms with E-state index in [2.05, 4.69) is 25.8 Å². The molecule has 94 valence electrons. The summed E-state index contributed by atoms with van der Waals surface area (Å²) in [6.07, 6.45) is 4.26. The second kappa shape index (κ2) is 4.82. The molecule has 1 unspecified atom stereocenters. The van der Waals surface area contributed by atoms with Gasteiger partial charge < -0.3 is 15.7 Å². The third kappa shape index (κ3) is 3.10. The maximum atomic E-state index is 10.1. The van der Waals surface area contributed by atoms with Crippen LogP contribution in [0.3, 0.4) is 0 Å². The predicted octanol–water partition coefficient (Wildman–Crippen LogP) is 2.17. The highest BCUT2D eigenvalue weighted by Crippen LogP contribution is 2.29. The molecule has 1 saturated heterocycles. The van der Waals surface area contributed by atoms with Crippen molar-refractivity contribution in [3.63, 3.8) is 0 Å². The molecule has 0 saturated carbocycles. The third-order valence-electron chi connectivity index (χ3n) is 3.21. The van der Waals surface area contributed by atoms with Gasteiger partial charge in [-0.1, -0.05) is 0 Å². The average Bonchev–Trinajstić information content (AvgIpc) is 2.40. The van der Waals surface area contributed by atoms with Crippen molar-refractivity contribution in [2.75, 3.05) is 23.7 Å². The zero-order valence-corrected chi connectivity index (χ0v) is 11.6. The average molecular weight is 300 g/mol. The highest BCUT2D eigenvalue weighted by Gasteiger charge is 2.26. The van der Waals surface area contributed by atoms with Crippen molar-refractivity contribution in [1.82, 2.24) is 4.98 Å². The molecule has 0 aliphatic carbocycles. The van der Waals surface area contributed by atoms with E-state index < -0.39 is 5.60 Å². The van der Waals surface area contributed by atoms with Crippen molar-refractivity contribution in [1.29, 1.82) is 0 Å². The molecule has 0 amide bonds. The van der Waals surface area contributed by atoms with Gasteiger partial charge in [0.1, 0.15) is 5.82 Å². The van der Waals surface area contributed by atoms with Crippen molar-refractivity contribution in [3.05, 3.63) is 16.7 Å². The Morgan fingerprint density at radius 3 is 2.94 bits per heavy atom. The standard InChI is InChI=1S/C12H18BrN3O/c1-12(17)3-2-5-16(6-4-12)11-10(13)7-9(14)8-15-11/h7-8,17H,2-6,14H2,1H3. The maximum absolute atomic E-state index is 10.1. The predicted molar refractivity (Wildman–Crippen MR) is 73.0 cm³/mol. The molecule has 3 N–H and O–H groups in total. The lowest BCUT2D eigenvalue weighted by Crippen LogP contribution is -2.29. The Hall–Kier alpha value is -0.810. The lowest BCUT2D eigenvalue weighted by molar-refractivity contribution is 0.0481. The minimum absolute atomic E-state index is 0.547. The van der Waals surface area contributed by atoms with Gasteiger partial charge >= 0.3 is 0 Å². The molecule has 0 radical (unpaired) electrons. The maximum Gasteiger partial charge on any atom is 0.143 e. The summed E-state index contributed by atoms with van der Waals surface area (Å²) in [6.45, 7) is 3.65. The van der Waals surface area contributed by atoms with Gasteiger partial charge in [0.15, 0.2) is 0 Å². The first-order valence-electron chi connectivity index (χ1n) is 5.86. The quantitative estimate of drug-likeness (QED) is 0.834. The highest BCUT2D eigenvalue weighted by atomic mass is 79.9. The van der Waals surface area contributed by atoms with Crippen molar-refractivity contribution in [2.24, 2.45) is 0 Å². The molecule has 0 bridgehead atoms. The number of rotatable bonds is 1. The fourth-order valence-electron chi connectivity index (χ4n) is 2.15. The Morgan fingerprint density at radius 1 is 1.47 bits per heavy atom. The van der Waals surface area contributed by atoms with Gasteiger partial charge in [0.05, 0.1) is 22.0 Å². The number of nitrogens with two attached hydrogens (primary N) is 1. The summed E-state index contributed by atoms with van der Waals surface area (Å²) in [5, 5.41) is 10.1. The molecule has 17 heavy (non-hydrogen) atoms. The van der Waals surface area contributed by atoms with Gasteiger partial charge in [-0.2, -0.15) is 0 Å². The van der Waals surface area contributed by atoms with Crippen LogP contribution < -0.4 is 10.6 Å². The summed E-state index contributed by atoms with van der Waals surface area (Å²) < 4.78 is 0.916. The number of nitrogen functional groups attached to an aromatic ring is 1. The second-order valence-corrected chi connectivity index (χ2v) is 5.77. The molecule has 5 heteroatoms. The van der Waals surface area contributed by atoms with E-state index in [9.17, 15) is 5.11 Å². The summed E-state index contributed by atoms with van der Waals surface area (Å²) in [4.78, 5) is 6.56. The van der Waals surface area contributed by atoms with Crippen molar-refractivity contribution in [2.45, 2.75) is 31.8 Å². The van der Waals surface area contributed by atoms with E-state index in [-0.39, 0.29) is 0 Å². The summed E-state index contributed by atoms with van der Waals surface area (Å²) >= 11 is 3.49. The van der Waals surface area contributed by atoms with E-state index >= 15 is 0 Å². The molecule has 1 fully saturated rings. The Kier molecular flexibility index (Phi) is 3.58. The first kappa shape index (κ1) is 12.6. The molecule has 4 nitrogen and oxygen atoms in total. The molecule has 0 aromatic carbocycles. The monoisotopic (exact) mass is 299 g/mol. The molecule has 1 aromatic rings. The van der Waals surface area contributed by atoms with Gasteiger partial charge in [-0.05, 0) is 48.2 Å². The first-order chi connectivity index (χ1) is 7.98. The van der Waals surface area contributed by atoms with Crippen molar-refractivity contribution < 1.29 is 5.11 Å². The van der Waals surface area contributed by atoms with Gasteiger partial charge in [0.2, 0.25) is 0 Å². The number of anilines is 2.